The van der Waals surface area contributed by atoms with E-state index in [0.717, 1.165) is 35.8 Å². The van der Waals surface area contributed by atoms with Crippen LogP contribution in [0.15, 0.2) is 29.3 Å². The summed E-state index contributed by atoms with van der Waals surface area (Å²) < 4.78 is 5.80. The molecule has 0 spiro atoms. The lowest BCUT2D eigenvalue weighted by molar-refractivity contribution is -0.122. The topological polar surface area (TPSA) is 79.8 Å². The van der Waals surface area contributed by atoms with Crippen LogP contribution < -0.4 is 15.4 Å². The molecule has 1 heterocycles. The minimum atomic E-state index is -0.434. The molecule has 1 aromatic rings. The quantitative estimate of drug-likeness (QED) is 0.555. The number of unbranched alkanes of at least 4 members (excludes halogenated alkanes) is 1. The molecule has 1 aromatic carbocycles. The van der Waals surface area contributed by atoms with Crippen LogP contribution >= 0.6 is 11.8 Å². The zero-order chi connectivity index (χ0) is 22.1. The summed E-state index contributed by atoms with van der Waals surface area (Å²) in [5, 5.41) is 6.18. The standard InChI is InChI=1S/C25H33N3O3S/c1-2-3-8-31-20-7-5-4-6-19(20)26-22(29)12-21-23(30)27-24(32-21)28-25-13-16-9-17(14-25)11-18(10-16)15-25/h4-7,16-18,21H,2-3,8-15H2,1H3,(H,26,29)(H,27,28,30). The Kier molecular flexibility index (Phi) is 6.19. The largest absolute Gasteiger partial charge is 0.491 e. The zero-order valence-corrected chi connectivity index (χ0v) is 19.6. The predicted molar refractivity (Wildman–Crippen MR) is 128 cm³/mol. The van der Waals surface area contributed by atoms with Crippen molar-refractivity contribution < 1.29 is 14.3 Å². The second-order valence-electron chi connectivity index (χ2n) is 10.1. The van der Waals surface area contributed by atoms with E-state index in [1.807, 2.05) is 24.3 Å². The van der Waals surface area contributed by atoms with Gasteiger partial charge in [0, 0.05) is 6.42 Å². The summed E-state index contributed by atoms with van der Waals surface area (Å²) in [4.78, 5) is 30.4. The molecule has 6 nitrogen and oxygen atoms in total. The Bertz CT molecular complexity index is 880. The van der Waals surface area contributed by atoms with Crippen molar-refractivity contribution in [1.82, 2.24) is 5.32 Å². The Morgan fingerprint density at radius 1 is 1.19 bits per heavy atom. The van der Waals surface area contributed by atoms with Crippen molar-refractivity contribution in [3.63, 3.8) is 0 Å². The SMILES string of the molecule is CCCCOc1ccccc1NC(=O)CC1SC(=NC23CC4CC(CC(C4)C2)C3)NC1=O. The molecule has 4 aliphatic carbocycles. The number of para-hydroxylation sites is 2. The molecule has 5 fully saturated rings. The molecule has 0 radical (unpaired) electrons. The lowest BCUT2D eigenvalue weighted by atomic mass is 9.53. The third-order valence-electron chi connectivity index (χ3n) is 7.41. The first-order valence-electron chi connectivity index (χ1n) is 12.1. The Hall–Kier alpha value is -2.02. The van der Waals surface area contributed by atoms with Gasteiger partial charge < -0.3 is 15.4 Å². The maximum absolute atomic E-state index is 12.7. The van der Waals surface area contributed by atoms with E-state index in [9.17, 15) is 9.59 Å². The fraction of sp³-hybridized carbons (Fsp3) is 0.640. The van der Waals surface area contributed by atoms with Crippen LogP contribution in [0.1, 0.15) is 64.7 Å². The van der Waals surface area contributed by atoms with Crippen LogP contribution in [0.25, 0.3) is 0 Å². The molecule has 4 bridgehead atoms. The van der Waals surface area contributed by atoms with E-state index in [-0.39, 0.29) is 23.8 Å². The van der Waals surface area contributed by atoms with Gasteiger partial charge in [-0.2, -0.15) is 0 Å². The van der Waals surface area contributed by atoms with E-state index < -0.39 is 5.25 Å². The summed E-state index contributed by atoms with van der Waals surface area (Å²) in [5.74, 6) is 2.82. The molecular weight excluding hydrogens is 422 g/mol. The third kappa shape index (κ3) is 4.68. The lowest BCUT2D eigenvalue weighted by Gasteiger charge is -2.55. The van der Waals surface area contributed by atoms with Gasteiger partial charge in [-0.3, -0.25) is 14.6 Å². The van der Waals surface area contributed by atoms with Gasteiger partial charge in [-0.1, -0.05) is 37.2 Å². The number of benzene rings is 1. The van der Waals surface area contributed by atoms with Crippen molar-refractivity contribution in [2.75, 3.05) is 11.9 Å². The molecule has 1 saturated heterocycles. The van der Waals surface area contributed by atoms with Gasteiger partial charge >= 0.3 is 0 Å². The lowest BCUT2D eigenvalue weighted by Crippen LogP contribution is -2.50. The summed E-state index contributed by atoms with van der Waals surface area (Å²) in [6.07, 6.45) is 9.75. The Balaban J connectivity index is 1.20. The summed E-state index contributed by atoms with van der Waals surface area (Å²) in [6, 6.07) is 7.46. The van der Waals surface area contributed by atoms with Gasteiger partial charge in [0.05, 0.1) is 17.8 Å². The number of ether oxygens (including phenoxy) is 1. The molecule has 2 amide bonds. The molecule has 1 unspecified atom stereocenters. The highest BCUT2D eigenvalue weighted by Gasteiger charge is 2.51. The second-order valence-corrected chi connectivity index (χ2v) is 11.3. The first-order chi connectivity index (χ1) is 15.5. The number of anilines is 1. The molecule has 0 aromatic heterocycles. The summed E-state index contributed by atoms with van der Waals surface area (Å²) >= 11 is 1.42. The summed E-state index contributed by atoms with van der Waals surface area (Å²) in [5.41, 5.74) is 0.676. The van der Waals surface area contributed by atoms with Crippen molar-refractivity contribution >= 4 is 34.4 Å². The Labute approximate surface area is 194 Å². The van der Waals surface area contributed by atoms with Crippen LogP contribution in [0.3, 0.4) is 0 Å². The van der Waals surface area contributed by atoms with Gasteiger partial charge in [0.1, 0.15) is 11.0 Å². The first-order valence-corrected chi connectivity index (χ1v) is 13.0. The van der Waals surface area contributed by atoms with Gasteiger partial charge in [0.25, 0.3) is 0 Å². The van der Waals surface area contributed by atoms with Crippen LogP contribution in [0.5, 0.6) is 5.75 Å². The minimum Gasteiger partial charge on any atom is -0.491 e. The number of thioether (sulfide) groups is 1. The monoisotopic (exact) mass is 455 g/mol. The van der Waals surface area contributed by atoms with Crippen molar-refractivity contribution in [2.24, 2.45) is 22.7 Å². The number of amidine groups is 1. The highest BCUT2D eigenvalue weighted by atomic mass is 32.2. The van der Waals surface area contributed by atoms with E-state index in [0.29, 0.717) is 18.0 Å². The number of nitrogens with zero attached hydrogens (tertiary/aromatic N) is 1. The number of nitrogens with one attached hydrogen (secondary N) is 2. The van der Waals surface area contributed by atoms with Gasteiger partial charge in [-0.25, -0.2) is 0 Å². The summed E-state index contributed by atoms with van der Waals surface area (Å²) in [6.45, 7) is 2.73. The van der Waals surface area contributed by atoms with Crippen LogP contribution in [-0.4, -0.2) is 34.4 Å². The molecule has 6 rings (SSSR count). The molecule has 1 atom stereocenters. The maximum Gasteiger partial charge on any atom is 0.240 e. The molecular formula is C25H33N3O3S. The summed E-state index contributed by atoms with van der Waals surface area (Å²) in [7, 11) is 0. The molecule has 32 heavy (non-hydrogen) atoms. The predicted octanol–water partition coefficient (Wildman–Crippen LogP) is 4.75. The highest BCUT2D eigenvalue weighted by Crippen LogP contribution is 2.57. The average molecular weight is 456 g/mol. The molecule has 1 aliphatic heterocycles. The third-order valence-corrected chi connectivity index (χ3v) is 8.49. The first kappa shape index (κ1) is 21.8. The van der Waals surface area contributed by atoms with E-state index in [1.54, 1.807) is 0 Å². The molecule has 7 heteroatoms. The van der Waals surface area contributed by atoms with Crippen molar-refractivity contribution in [3.8, 4) is 5.75 Å². The number of hydrogen-bond donors (Lipinski definition) is 2. The molecule has 172 valence electrons. The number of aliphatic imine (C=N–C) groups is 1. The van der Waals surface area contributed by atoms with Crippen LogP contribution in [0.4, 0.5) is 5.69 Å². The number of amides is 2. The van der Waals surface area contributed by atoms with Gasteiger partial charge in [-0.05, 0) is 74.8 Å². The molecule has 2 N–H and O–H groups in total. The van der Waals surface area contributed by atoms with Crippen LogP contribution in [0.2, 0.25) is 0 Å². The van der Waals surface area contributed by atoms with Crippen molar-refractivity contribution in [1.29, 1.82) is 0 Å². The number of carbonyl (C=O) groups excluding carboxylic acids is 2. The minimum absolute atomic E-state index is 0.0241. The fourth-order valence-electron chi connectivity index (χ4n) is 6.40. The Morgan fingerprint density at radius 2 is 1.88 bits per heavy atom. The average Bonchev–Trinajstić information content (AvgIpc) is 3.06. The molecule has 4 saturated carbocycles. The van der Waals surface area contributed by atoms with Gasteiger partial charge in [0.2, 0.25) is 11.8 Å². The van der Waals surface area contributed by atoms with E-state index in [4.69, 9.17) is 9.73 Å². The van der Waals surface area contributed by atoms with Gasteiger partial charge in [0.15, 0.2) is 5.17 Å². The number of carbonyl (C=O) groups is 2. The normalized spacial score (nSPS) is 34.0. The van der Waals surface area contributed by atoms with E-state index in [1.165, 1.54) is 50.3 Å². The van der Waals surface area contributed by atoms with Crippen LogP contribution in [0, 0.1) is 17.8 Å². The maximum atomic E-state index is 12.7. The smallest absolute Gasteiger partial charge is 0.240 e. The van der Waals surface area contributed by atoms with Gasteiger partial charge in [-0.15, -0.1) is 0 Å². The van der Waals surface area contributed by atoms with Crippen molar-refractivity contribution in [3.05, 3.63) is 24.3 Å². The second kappa shape index (κ2) is 9.08. The Morgan fingerprint density at radius 3 is 2.56 bits per heavy atom. The zero-order valence-electron chi connectivity index (χ0n) is 18.8. The van der Waals surface area contributed by atoms with Crippen molar-refractivity contribution in [2.45, 2.75) is 75.5 Å². The van der Waals surface area contributed by atoms with E-state index >= 15 is 0 Å². The highest BCUT2D eigenvalue weighted by molar-refractivity contribution is 8.15. The number of rotatable bonds is 8. The fourth-order valence-corrected chi connectivity index (χ4v) is 7.48. The molecule has 5 aliphatic rings. The van der Waals surface area contributed by atoms with Crippen LogP contribution in [-0.2, 0) is 9.59 Å². The van der Waals surface area contributed by atoms with E-state index in [2.05, 4.69) is 17.6 Å². The number of hydrogen-bond acceptors (Lipinski definition) is 5.